The van der Waals surface area contributed by atoms with Gasteiger partial charge in [-0.05, 0) is 24.6 Å². The topological polar surface area (TPSA) is 49.4 Å². The third-order valence-corrected chi connectivity index (χ3v) is 3.16. The van der Waals surface area contributed by atoms with Gasteiger partial charge in [-0.1, -0.05) is 18.5 Å². The summed E-state index contributed by atoms with van der Waals surface area (Å²) >= 11 is 5.50. The molecule has 0 aliphatic heterocycles. The van der Waals surface area contributed by atoms with E-state index in [-0.39, 0.29) is 18.1 Å². The molecule has 1 aromatic carbocycles. The molecule has 0 bridgehead atoms. The quantitative estimate of drug-likeness (QED) is 0.894. The molecule has 0 heterocycles. The van der Waals surface area contributed by atoms with Crippen LogP contribution in [0.4, 0.5) is 18.9 Å². The van der Waals surface area contributed by atoms with E-state index in [1.807, 2.05) is 6.92 Å². The molecule has 0 aliphatic carbocycles. The van der Waals surface area contributed by atoms with Crippen LogP contribution < -0.4 is 5.32 Å². The zero-order chi connectivity index (χ0) is 16.9. The van der Waals surface area contributed by atoms with E-state index in [0.717, 1.165) is 12.1 Å². The fourth-order valence-corrected chi connectivity index (χ4v) is 2.04. The average Bonchev–Trinajstić information content (AvgIpc) is 2.39. The summed E-state index contributed by atoms with van der Waals surface area (Å²) in [5.41, 5.74) is -1.05. The van der Waals surface area contributed by atoms with Crippen molar-refractivity contribution in [2.24, 2.45) is 0 Å². The molecule has 0 aromatic heterocycles. The summed E-state index contributed by atoms with van der Waals surface area (Å²) in [5.74, 6) is -0.844. The molecule has 0 aliphatic rings. The number of anilines is 1. The smallest absolute Gasteiger partial charge is 0.334 e. The Morgan fingerprint density at radius 3 is 2.45 bits per heavy atom. The molecule has 0 radical (unpaired) electrons. The minimum atomic E-state index is -4.61. The molecule has 0 fully saturated rings. The van der Waals surface area contributed by atoms with E-state index in [1.165, 1.54) is 17.9 Å². The van der Waals surface area contributed by atoms with Crippen LogP contribution in [-0.2, 0) is 15.8 Å². The van der Waals surface area contributed by atoms with E-state index in [0.29, 0.717) is 13.0 Å². The maximum atomic E-state index is 12.7. The molecule has 0 saturated carbocycles. The average molecular weight is 337 g/mol. The monoisotopic (exact) mass is 336 g/mol. The normalized spacial score (nSPS) is 11.2. The lowest BCUT2D eigenvalue weighted by Gasteiger charge is -2.20. The summed E-state index contributed by atoms with van der Waals surface area (Å²) in [7, 11) is 0. The van der Waals surface area contributed by atoms with Gasteiger partial charge < -0.3 is 10.2 Å². The summed E-state index contributed by atoms with van der Waals surface area (Å²) in [4.78, 5) is 24.5. The number of hydrogen-bond donors (Lipinski definition) is 1. The number of rotatable bonds is 5. The lowest BCUT2D eigenvalue weighted by atomic mass is 10.2. The van der Waals surface area contributed by atoms with Gasteiger partial charge in [-0.2, -0.15) is 13.2 Å². The van der Waals surface area contributed by atoms with Crippen molar-refractivity contribution in [2.45, 2.75) is 26.4 Å². The number of alkyl halides is 3. The van der Waals surface area contributed by atoms with Crippen molar-refractivity contribution in [3.05, 3.63) is 28.8 Å². The molecule has 4 nitrogen and oxygen atoms in total. The van der Waals surface area contributed by atoms with Crippen molar-refractivity contribution in [2.75, 3.05) is 18.4 Å². The summed E-state index contributed by atoms with van der Waals surface area (Å²) in [6.45, 7) is 3.36. The molecule has 8 heteroatoms. The first kappa shape index (κ1) is 18.3. The number of halogens is 4. The molecular formula is C14H16ClF3N2O2. The highest BCUT2D eigenvalue weighted by atomic mass is 35.5. The molecule has 0 spiro atoms. The number of amides is 2. The van der Waals surface area contributed by atoms with E-state index in [4.69, 9.17) is 11.6 Å². The van der Waals surface area contributed by atoms with Crippen LogP contribution in [0.1, 0.15) is 25.8 Å². The Kier molecular flexibility index (Phi) is 6.22. The lowest BCUT2D eigenvalue weighted by Crippen LogP contribution is -2.37. The van der Waals surface area contributed by atoms with Crippen molar-refractivity contribution >= 4 is 29.1 Å². The van der Waals surface area contributed by atoms with Crippen LogP contribution in [0.2, 0.25) is 5.02 Å². The second-order valence-corrected chi connectivity index (χ2v) is 5.09. The third-order valence-electron chi connectivity index (χ3n) is 2.83. The Labute approximate surface area is 131 Å². The molecule has 1 N–H and O–H groups in total. The Bertz CT molecular complexity index is 562. The van der Waals surface area contributed by atoms with Crippen molar-refractivity contribution in [3.63, 3.8) is 0 Å². The van der Waals surface area contributed by atoms with Crippen molar-refractivity contribution in [1.29, 1.82) is 0 Å². The van der Waals surface area contributed by atoms with Crippen LogP contribution >= 0.6 is 11.6 Å². The first-order valence-corrected chi connectivity index (χ1v) is 6.95. The summed E-state index contributed by atoms with van der Waals surface area (Å²) in [6, 6.07) is 3.10. The Balaban J connectivity index is 2.82. The van der Waals surface area contributed by atoms with Gasteiger partial charge >= 0.3 is 6.18 Å². The molecule has 22 heavy (non-hydrogen) atoms. The Morgan fingerprint density at radius 2 is 1.95 bits per heavy atom. The number of nitrogens with one attached hydrogen (secondary N) is 1. The molecule has 1 aromatic rings. The Morgan fingerprint density at radius 1 is 1.32 bits per heavy atom. The molecule has 0 atom stereocenters. The van der Waals surface area contributed by atoms with E-state index < -0.39 is 22.7 Å². The van der Waals surface area contributed by atoms with Crippen molar-refractivity contribution in [3.8, 4) is 0 Å². The highest BCUT2D eigenvalue weighted by Crippen LogP contribution is 2.36. The van der Waals surface area contributed by atoms with Crippen LogP contribution in [0.15, 0.2) is 18.2 Å². The minimum absolute atomic E-state index is 0.0262. The fraction of sp³-hybridized carbons (Fsp3) is 0.429. The lowest BCUT2D eigenvalue weighted by molar-refractivity contribution is -0.137. The van der Waals surface area contributed by atoms with E-state index in [1.54, 1.807) is 0 Å². The SMILES string of the molecule is CCCN(CC(=O)Nc1ccc(Cl)c(C(F)(F)F)c1)C(C)=O. The second-order valence-electron chi connectivity index (χ2n) is 4.68. The van der Waals surface area contributed by atoms with Gasteiger partial charge in [0.15, 0.2) is 0 Å². The van der Waals surface area contributed by atoms with Crippen molar-refractivity contribution < 1.29 is 22.8 Å². The molecule has 0 unspecified atom stereocenters. The number of nitrogens with zero attached hydrogens (tertiary/aromatic N) is 1. The minimum Gasteiger partial charge on any atom is -0.334 e. The summed E-state index contributed by atoms with van der Waals surface area (Å²) in [5, 5.41) is 1.89. The van der Waals surface area contributed by atoms with E-state index in [9.17, 15) is 22.8 Å². The first-order valence-electron chi connectivity index (χ1n) is 6.57. The van der Waals surface area contributed by atoms with Crippen LogP contribution in [-0.4, -0.2) is 29.8 Å². The number of carbonyl (C=O) groups is 2. The summed E-state index contributed by atoms with van der Waals surface area (Å²) in [6.07, 6.45) is -3.93. The van der Waals surface area contributed by atoms with Gasteiger partial charge in [0.25, 0.3) is 0 Å². The third kappa shape index (κ3) is 5.22. The molecule has 1 rings (SSSR count). The van der Waals surface area contributed by atoms with Gasteiger partial charge in [-0.15, -0.1) is 0 Å². The fourth-order valence-electron chi connectivity index (χ4n) is 1.81. The van der Waals surface area contributed by atoms with Crippen LogP contribution in [0.3, 0.4) is 0 Å². The van der Waals surface area contributed by atoms with Crippen LogP contribution in [0.5, 0.6) is 0 Å². The molecule has 0 saturated heterocycles. The predicted molar refractivity (Wildman–Crippen MR) is 77.6 cm³/mol. The molecule has 2 amide bonds. The zero-order valence-corrected chi connectivity index (χ0v) is 12.9. The van der Waals surface area contributed by atoms with Gasteiger partial charge in [0.1, 0.15) is 0 Å². The van der Waals surface area contributed by atoms with Crippen molar-refractivity contribution in [1.82, 2.24) is 4.90 Å². The highest BCUT2D eigenvalue weighted by Gasteiger charge is 2.33. The van der Waals surface area contributed by atoms with Gasteiger partial charge in [-0.25, -0.2) is 0 Å². The first-order chi connectivity index (χ1) is 10.1. The predicted octanol–water partition coefficient (Wildman–Crippen LogP) is 3.56. The van der Waals surface area contributed by atoms with Gasteiger partial charge in [-0.3, -0.25) is 9.59 Å². The number of carbonyl (C=O) groups excluding carboxylic acids is 2. The summed E-state index contributed by atoms with van der Waals surface area (Å²) < 4.78 is 38.2. The van der Waals surface area contributed by atoms with Gasteiger partial charge in [0.2, 0.25) is 11.8 Å². The van der Waals surface area contributed by atoms with Gasteiger partial charge in [0.05, 0.1) is 17.1 Å². The maximum Gasteiger partial charge on any atom is 0.417 e. The molecule has 122 valence electrons. The number of hydrogen-bond acceptors (Lipinski definition) is 2. The number of benzene rings is 1. The Hall–Kier alpha value is -1.76. The second kappa shape index (κ2) is 7.49. The standard InChI is InChI=1S/C14H16ClF3N2O2/c1-3-6-20(9(2)21)8-13(22)19-10-4-5-12(15)11(7-10)14(16,17)18/h4-5,7H,3,6,8H2,1-2H3,(H,19,22). The van der Waals surface area contributed by atoms with Crippen LogP contribution in [0, 0.1) is 0 Å². The van der Waals surface area contributed by atoms with Crippen LogP contribution in [0.25, 0.3) is 0 Å². The maximum absolute atomic E-state index is 12.7. The van der Waals surface area contributed by atoms with E-state index >= 15 is 0 Å². The highest BCUT2D eigenvalue weighted by molar-refractivity contribution is 6.31. The zero-order valence-electron chi connectivity index (χ0n) is 12.1. The largest absolute Gasteiger partial charge is 0.417 e. The molecular weight excluding hydrogens is 321 g/mol. The van der Waals surface area contributed by atoms with Gasteiger partial charge in [0, 0.05) is 19.2 Å². The van der Waals surface area contributed by atoms with E-state index in [2.05, 4.69) is 5.32 Å².